The lowest BCUT2D eigenvalue weighted by molar-refractivity contribution is 1.25. The summed E-state index contributed by atoms with van der Waals surface area (Å²) in [4.78, 5) is 7.85. The second-order valence-corrected chi connectivity index (χ2v) is 14.3. The van der Waals surface area contributed by atoms with Crippen LogP contribution in [0.3, 0.4) is 0 Å². The topological polar surface area (TPSA) is 24.9 Å². The molecule has 0 amide bonds. The molecule has 0 unspecified atom stereocenters. The van der Waals surface area contributed by atoms with Crippen LogP contribution in [0.25, 0.3) is 97.9 Å². The van der Waals surface area contributed by atoms with E-state index in [4.69, 9.17) is 4.98 Å². The van der Waals surface area contributed by atoms with Gasteiger partial charge in [0.05, 0.1) is 39.5 Å². The van der Waals surface area contributed by atoms with Gasteiger partial charge in [-0.25, -0.2) is 4.98 Å². The maximum atomic E-state index is 5.46. The molecule has 0 aliphatic carbocycles. The Kier molecular flexibility index (Phi) is 5.08. The molecule has 0 spiro atoms. The van der Waals surface area contributed by atoms with Crippen LogP contribution in [0.15, 0.2) is 170 Å². The van der Waals surface area contributed by atoms with Gasteiger partial charge >= 0.3 is 0 Å². The fourth-order valence-corrected chi connectivity index (χ4v) is 9.70. The van der Waals surface area contributed by atoms with Crippen LogP contribution in [0.5, 0.6) is 0 Å². The number of anilines is 3. The van der Waals surface area contributed by atoms with Gasteiger partial charge in [-0.2, -0.15) is 0 Å². The normalized spacial score (nSPS) is 12.5. The number of hydrogen-bond acceptors (Lipinski definition) is 2. The third-order valence-corrected chi connectivity index (χ3v) is 11.7. The molecule has 244 valence electrons. The van der Waals surface area contributed by atoms with Crippen molar-refractivity contribution in [3.63, 3.8) is 0 Å². The van der Waals surface area contributed by atoms with Gasteiger partial charge < -0.3 is 9.30 Å². The van der Waals surface area contributed by atoms with E-state index in [1.165, 1.54) is 86.7 Å². The Morgan fingerprint density at radius 2 is 0.981 bits per heavy atom. The quantitative estimate of drug-likeness (QED) is 0.187. The SMILES string of the molecule is c1ccc(N(c2ccccc2)c2cccc3c4cc5ccccc5c5c6c7c8cccc9c%10ccc%11ccccc%11c%10n(c7ncc6n(c23)c45)c98)cc1. The van der Waals surface area contributed by atoms with Crippen molar-refractivity contribution in [1.29, 1.82) is 0 Å². The predicted octanol–water partition coefficient (Wildman–Crippen LogP) is 13.2. The fourth-order valence-electron chi connectivity index (χ4n) is 9.70. The first kappa shape index (κ1) is 27.5. The van der Waals surface area contributed by atoms with Gasteiger partial charge in [0.2, 0.25) is 0 Å². The van der Waals surface area contributed by atoms with Gasteiger partial charge in [-0.3, -0.25) is 4.40 Å². The zero-order valence-electron chi connectivity index (χ0n) is 28.5. The Bertz CT molecular complexity index is 3580. The number of fused-ring (bicyclic) bond motifs is 17. The van der Waals surface area contributed by atoms with Crippen LogP contribution in [0.4, 0.5) is 17.1 Å². The number of hydrogen-bond donors (Lipinski definition) is 0. The summed E-state index contributed by atoms with van der Waals surface area (Å²) in [5.74, 6) is 0. The Hall–Kier alpha value is -7.17. The molecule has 0 aliphatic heterocycles. The van der Waals surface area contributed by atoms with Crippen molar-refractivity contribution in [3.05, 3.63) is 170 Å². The second-order valence-electron chi connectivity index (χ2n) is 14.3. The molecule has 0 aliphatic rings. The number of aromatic nitrogens is 3. The van der Waals surface area contributed by atoms with Gasteiger partial charge in [-0.15, -0.1) is 0 Å². The van der Waals surface area contributed by atoms with E-state index in [2.05, 4.69) is 184 Å². The molecule has 13 aromatic rings. The van der Waals surface area contributed by atoms with Crippen molar-refractivity contribution in [3.8, 4) is 0 Å². The Morgan fingerprint density at radius 3 is 1.77 bits per heavy atom. The predicted molar refractivity (Wildman–Crippen MR) is 223 cm³/mol. The number of pyridine rings is 1. The molecular weight excluding hydrogens is 645 g/mol. The van der Waals surface area contributed by atoms with E-state index in [0.717, 1.165) is 28.2 Å². The second kappa shape index (κ2) is 9.78. The van der Waals surface area contributed by atoms with Gasteiger partial charge in [-0.1, -0.05) is 127 Å². The summed E-state index contributed by atoms with van der Waals surface area (Å²) in [5, 5.41) is 15.0. The summed E-state index contributed by atoms with van der Waals surface area (Å²) in [6.45, 7) is 0. The van der Waals surface area contributed by atoms with Crippen molar-refractivity contribution >= 4 is 115 Å². The third-order valence-electron chi connectivity index (χ3n) is 11.7. The van der Waals surface area contributed by atoms with E-state index in [0.29, 0.717) is 0 Å². The Balaban J connectivity index is 1.28. The highest BCUT2D eigenvalue weighted by Gasteiger charge is 2.28. The van der Waals surface area contributed by atoms with Crippen molar-refractivity contribution in [2.45, 2.75) is 0 Å². The number of benzene rings is 8. The molecule has 5 heterocycles. The molecule has 5 aromatic heterocycles. The Morgan fingerprint density at radius 1 is 0.377 bits per heavy atom. The largest absolute Gasteiger partial charge is 0.308 e. The van der Waals surface area contributed by atoms with Crippen molar-refractivity contribution in [2.75, 3.05) is 4.90 Å². The van der Waals surface area contributed by atoms with Gasteiger partial charge in [0, 0.05) is 59.9 Å². The number of rotatable bonds is 3. The van der Waals surface area contributed by atoms with Gasteiger partial charge in [0.15, 0.2) is 0 Å². The number of nitrogens with zero attached hydrogens (tertiary/aromatic N) is 4. The standard InChI is InChI=1S/C49H28N4/c1-3-15-31(16-4-1)51(32-17-5-2-6-18-32)40-24-12-22-36-39-27-30-14-8-9-19-33(30)42-44-41(52(47(36)40)48(39)42)28-50-49-43(44)38-23-11-21-35-37-26-25-29-13-7-10-20-34(29)45(37)53(49)46(35)38/h1-28H. The van der Waals surface area contributed by atoms with Gasteiger partial charge in [0.1, 0.15) is 5.65 Å². The highest BCUT2D eigenvalue weighted by atomic mass is 15.2. The number of para-hydroxylation sites is 4. The first-order chi connectivity index (χ1) is 26.3. The van der Waals surface area contributed by atoms with E-state index in [-0.39, 0.29) is 0 Å². The van der Waals surface area contributed by atoms with Crippen molar-refractivity contribution in [2.24, 2.45) is 0 Å². The summed E-state index contributed by atoms with van der Waals surface area (Å²) in [5.41, 5.74) is 10.4. The molecule has 4 nitrogen and oxygen atoms in total. The summed E-state index contributed by atoms with van der Waals surface area (Å²) in [7, 11) is 0. The minimum Gasteiger partial charge on any atom is -0.308 e. The summed E-state index contributed by atoms with van der Waals surface area (Å²) in [6, 6.07) is 59.6. The molecule has 0 saturated carbocycles. The molecule has 8 aromatic carbocycles. The van der Waals surface area contributed by atoms with E-state index >= 15 is 0 Å². The molecule has 13 rings (SSSR count). The zero-order chi connectivity index (χ0) is 34.4. The van der Waals surface area contributed by atoms with Crippen LogP contribution in [0, 0.1) is 0 Å². The van der Waals surface area contributed by atoms with Crippen molar-refractivity contribution < 1.29 is 0 Å². The molecule has 0 saturated heterocycles. The van der Waals surface area contributed by atoms with Gasteiger partial charge in [0.25, 0.3) is 0 Å². The molecular formula is C49H28N4. The maximum Gasteiger partial charge on any atom is 0.146 e. The van der Waals surface area contributed by atoms with Crippen LogP contribution in [-0.4, -0.2) is 13.8 Å². The lowest BCUT2D eigenvalue weighted by Crippen LogP contribution is -2.10. The zero-order valence-corrected chi connectivity index (χ0v) is 28.5. The average Bonchev–Trinajstić information content (AvgIpc) is 3.95. The lowest BCUT2D eigenvalue weighted by Gasteiger charge is -2.26. The summed E-state index contributed by atoms with van der Waals surface area (Å²) < 4.78 is 4.97. The minimum atomic E-state index is 1.01. The van der Waals surface area contributed by atoms with Crippen LogP contribution in [0.1, 0.15) is 0 Å². The lowest BCUT2D eigenvalue weighted by atomic mass is 9.98. The van der Waals surface area contributed by atoms with Crippen LogP contribution in [-0.2, 0) is 0 Å². The average molecular weight is 673 g/mol. The van der Waals surface area contributed by atoms with Gasteiger partial charge in [-0.05, 0) is 52.6 Å². The van der Waals surface area contributed by atoms with E-state index in [9.17, 15) is 0 Å². The molecule has 0 N–H and O–H groups in total. The van der Waals surface area contributed by atoms with Crippen LogP contribution < -0.4 is 4.90 Å². The summed E-state index contributed by atoms with van der Waals surface area (Å²) >= 11 is 0. The smallest absolute Gasteiger partial charge is 0.146 e. The maximum absolute atomic E-state index is 5.46. The first-order valence-electron chi connectivity index (χ1n) is 18.2. The molecule has 0 bridgehead atoms. The molecule has 4 heteroatoms. The van der Waals surface area contributed by atoms with Crippen LogP contribution in [0.2, 0.25) is 0 Å². The highest BCUT2D eigenvalue weighted by Crippen LogP contribution is 2.51. The minimum absolute atomic E-state index is 1.01. The molecule has 0 fully saturated rings. The third kappa shape index (κ3) is 3.34. The summed E-state index contributed by atoms with van der Waals surface area (Å²) in [6.07, 6.45) is 2.14. The van der Waals surface area contributed by atoms with E-state index < -0.39 is 0 Å². The molecule has 53 heavy (non-hydrogen) atoms. The van der Waals surface area contributed by atoms with E-state index in [1.54, 1.807) is 0 Å². The van der Waals surface area contributed by atoms with E-state index in [1.807, 2.05) is 0 Å². The Labute approximate surface area is 302 Å². The highest BCUT2D eigenvalue weighted by molar-refractivity contribution is 6.40. The molecule has 0 radical (unpaired) electrons. The van der Waals surface area contributed by atoms with Crippen molar-refractivity contribution in [1.82, 2.24) is 13.8 Å². The monoisotopic (exact) mass is 672 g/mol. The van der Waals surface area contributed by atoms with Crippen LogP contribution >= 0.6 is 0 Å². The molecule has 0 atom stereocenters. The first-order valence-corrected chi connectivity index (χ1v) is 18.2. The fraction of sp³-hybridized carbons (Fsp3) is 0.